The molecule has 16 heavy (non-hydrogen) atoms. The van der Waals surface area contributed by atoms with Crippen molar-refractivity contribution in [1.29, 1.82) is 0 Å². The van der Waals surface area contributed by atoms with E-state index in [0.717, 1.165) is 10.5 Å². The van der Waals surface area contributed by atoms with Crippen LogP contribution in [0.2, 0.25) is 0 Å². The molecule has 0 aromatic heterocycles. The van der Waals surface area contributed by atoms with E-state index < -0.39 is 0 Å². The van der Waals surface area contributed by atoms with E-state index in [9.17, 15) is 0 Å². The van der Waals surface area contributed by atoms with Crippen molar-refractivity contribution in [3.05, 3.63) is 29.8 Å². The molecule has 90 valence electrons. The highest BCUT2D eigenvalue weighted by molar-refractivity contribution is 7.99. The lowest BCUT2D eigenvalue weighted by Gasteiger charge is -2.13. The van der Waals surface area contributed by atoms with Crippen molar-refractivity contribution in [3.8, 4) is 0 Å². The van der Waals surface area contributed by atoms with Gasteiger partial charge in [0.15, 0.2) is 6.29 Å². The van der Waals surface area contributed by atoms with Crippen LogP contribution >= 0.6 is 11.8 Å². The van der Waals surface area contributed by atoms with Crippen molar-refractivity contribution in [2.45, 2.75) is 17.8 Å². The number of thioether (sulfide) groups is 1. The van der Waals surface area contributed by atoms with Gasteiger partial charge < -0.3 is 9.47 Å². The molecule has 1 aromatic rings. The first-order chi connectivity index (χ1) is 7.81. The molecule has 1 N–H and O–H groups in total. The normalized spacial score (nSPS) is 11.0. The van der Waals surface area contributed by atoms with Crippen LogP contribution in [0.1, 0.15) is 5.56 Å². The molecule has 5 heteroatoms. The maximum Gasteiger partial charge on any atom is 0.166 e. The minimum atomic E-state index is -0.229. The maximum atomic E-state index is 8.46. The molecular formula is C11H16O4S. The fourth-order valence-electron chi connectivity index (χ4n) is 1.22. The Bertz CT molecular complexity index is 302. The van der Waals surface area contributed by atoms with E-state index in [0.29, 0.717) is 5.75 Å². The first-order valence-corrected chi connectivity index (χ1v) is 5.83. The molecule has 0 spiro atoms. The molecule has 0 bridgehead atoms. The van der Waals surface area contributed by atoms with Gasteiger partial charge in [-0.15, -0.1) is 11.8 Å². The van der Waals surface area contributed by atoms with E-state index >= 15 is 0 Å². The quantitative estimate of drug-likeness (QED) is 0.345. The van der Waals surface area contributed by atoms with Crippen molar-refractivity contribution in [1.82, 2.24) is 0 Å². The summed E-state index contributed by atoms with van der Waals surface area (Å²) < 4.78 is 10.2. The molecule has 0 aliphatic heterocycles. The van der Waals surface area contributed by atoms with Gasteiger partial charge in [0, 0.05) is 24.9 Å². The third-order valence-corrected chi connectivity index (χ3v) is 3.24. The van der Waals surface area contributed by atoms with Crippen LogP contribution in [0.3, 0.4) is 0 Å². The van der Waals surface area contributed by atoms with Crippen LogP contribution in [0.4, 0.5) is 0 Å². The zero-order valence-electron chi connectivity index (χ0n) is 9.38. The largest absolute Gasteiger partial charge is 0.355 e. The van der Waals surface area contributed by atoms with Gasteiger partial charge in [0.2, 0.25) is 0 Å². The molecule has 0 aliphatic carbocycles. The number of benzene rings is 1. The standard InChI is InChI=1S/C11H16O4S/c1-13-11(14-2)8-16-10-6-4-3-5-9(10)7-15-12/h3-6,11-12H,7-8H2,1-2H3. The number of hydrogen-bond donors (Lipinski definition) is 1. The van der Waals surface area contributed by atoms with E-state index in [1.165, 1.54) is 0 Å². The third kappa shape index (κ3) is 4.11. The monoisotopic (exact) mass is 244 g/mol. The predicted octanol–water partition coefficient (Wildman–Crippen LogP) is 2.39. The molecule has 0 atom stereocenters. The summed E-state index contributed by atoms with van der Waals surface area (Å²) in [5, 5.41) is 8.46. The van der Waals surface area contributed by atoms with E-state index in [4.69, 9.17) is 14.7 Å². The first-order valence-electron chi connectivity index (χ1n) is 4.84. The molecule has 4 nitrogen and oxygen atoms in total. The summed E-state index contributed by atoms with van der Waals surface area (Å²) in [6.07, 6.45) is -0.229. The Kier molecular flexibility index (Phi) is 6.44. The zero-order chi connectivity index (χ0) is 11.8. The molecule has 0 fully saturated rings. The number of hydrogen-bond acceptors (Lipinski definition) is 5. The van der Waals surface area contributed by atoms with Crippen molar-refractivity contribution < 1.29 is 19.6 Å². The lowest BCUT2D eigenvalue weighted by molar-refractivity contribution is -0.253. The summed E-state index contributed by atoms with van der Waals surface area (Å²) in [5.41, 5.74) is 0.945. The SMILES string of the molecule is COC(CSc1ccccc1COO)OC. The molecule has 0 radical (unpaired) electrons. The summed E-state index contributed by atoms with van der Waals surface area (Å²) in [5.74, 6) is 0.690. The zero-order valence-corrected chi connectivity index (χ0v) is 10.2. The maximum absolute atomic E-state index is 8.46. The highest BCUT2D eigenvalue weighted by atomic mass is 32.2. The molecule has 0 saturated carbocycles. The van der Waals surface area contributed by atoms with Crippen LogP contribution < -0.4 is 0 Å². The van der Waals surface area contributed by atoms with Crippen LogP contribution in [-0.2, 0) is 21.0 Å². The lowest BCUT2D eigenvalue weighted by Crippen LogP contribution is -2.15. The average molecular weight is 244 g/mol. The molecule has 1 rings (SSSR count). The van der Waals surface area contributed by atoms with Crippen LogP contribution in [0, 0.1) is 0 Å². The Morgan fingerprint density at radius 2 is 1.94 bits per heavy atom. The third-order valence-electron chi connectivity index (χ3n) is 2.09. The molecule has 0 amide bonds. The van der Waals surface area contributed by atoms with Gasteiger partial charge in [0.25, 0.3) is 0 Å². The molecular weight excluding hydrogens is 228 g/mol. The highest BCUT2D eigenvalue weighted by Crippen LogP contribution is 2.24. The van der Waals surface area contributed by atoms with Crippen molar-refractivity contribution >= 4 is 11.8 Å². The lowest BCUT2D eigenvalue weighted by atomic mass is 10.2. The van der Waals surface area contributed by atoms with Gasteiger partial charge in [0.05, 0.1) is 0 Å². The van der Waals surface area contributed by atoms with Gasteiger partial charge in [-0.3, -0.25) is 5.26 Å². The second kappa shape index (κ2) is 7.65. The topological polar surface area (TPSA) is 47.9 Å². The van der Waals surface area contributed by atoms with Crippen LogP contribution in [0.5, 0.6) is 0 Å². The van der Waals surface area contributed by atoms with Crippen molar-refractivity contribution in [2.75, 3.05) is 20.0 Å². The Labute approximate surface area is 99.4 Å². The smallest absolute Gasteiger partial charge is 0.166 e. The molecule has 0 unspecified atom stereocenters. The summed E-state index contributed by atoms with van der Waals surface area (Å²) in [7, 11) is 3.22. The second-order valence-corrected chi connectivity index (χ2v) is 4.15. The number of methoxy groups -OCH3 is 2. The highest BCUT2D eigenvalue weighted by Gasteiger charge is 2.08. The van der Waals surface area contributed by atoms with E-state index in [-0.39, 0.29) is 12.9 Å². The van der Waals surface area contributed by atoms with Gasteiger partial charge in [-0.25, -0.2) is 4.89 Å². The predicted molar refractivity (Wildman–Crippen MR) is 62.4 cm³/mol. The summed E-state index contributed by atoms with van der Waals surface area (Å²) in [6.45, 7) is 0.188. The fourth-order valence-corrected chi connectivity index (χ4v) is 2.30. The Hall–Kier alpha value is -0.590. The first kappa shape index (κ1) is 13.5. The molecule has 0 aliphatic rings. The summed E-state index contributed by atoms with van der Waals surface area (Å²) >= 11 is 1.60. The second-order valence-electron chi connectivity index (χ2n) is 3.09. The Morgan fingerprint density at radius 3 is 2.56 bits per heavy atom. The minimum Gasteiger partial charge on any atom is -0.355 e. The van der Waals surface area contributed by atoms with Gasteiger partial charge in [-0.1, -0.05) is 18.2 Å². The van der Waals surface area contributed by atoms with Gasteiger partial charge in [-0.2, -0.15) is 0 Å². The summed E-state index contributed by atoms with van der Waals surface area (Å²) in [4.78, 5) is 5.20. The molecule has 0 heterocycles. The molecule has 0 saturated heterocycles. The van der Waals surface area contributed by atoms with E-state index in [1.54, 1.807) is 26.0 Å². The Morgan fingerprint density at radius 1 is 1.25 bits per heavy atom. The minimum absolute atomic E-state index is 0.188. The van der Waals surface area contributed by atoms with Crippen LogP contribution in [-0.4, -0.2) is 31.5 Å². The average Bonchev–Trinajstić information content (AvgIpc) is 2.33. The van der Waals surface area contributed by atoms with Crippen molar-refractivity contribution in [3.63, 3.8) is 0 Å². The van der Waals surface area contributed by atoms with Crippen LogP contribution in [0.15, 0.2) is 29.2 Å². The van der Waals surface area contributed by atoms with Crippen LogP contribution in [0.25, 0.3) is 0 Å². The van der Waals surface area contributed by atoms with Crippen molar-refractivity contribution in [2.24, 2.45) is 0 Å². The van der Waals surface area contributed by atoms with Gasteiger partial charge in [0.1, 0.15) is 6.61 Å². The number of ether oxygens (including phenoxy) is 2. The number of rotatable bonds is 7. The fraction of sp³-hybridized carbons (Fsp3) is 0.455. The van der Waals surface area contributed by atoms with Gasteiger partial charge in [-0.05, 0) is 11.6 Å². The Balaban J connectivity index is 2.58. The van der Waals surface area contributed by atoms with E-state index in [2.05, 4.69) is 4.89 Å². The molecule has 1 aromatic carbocycles. The van der Waals surface area contributed by atoms with E-state index in [1.807, 2.05) is 24.3 Å². The van der Waals surface area contributed by atoms with Gasteiger partial charge >= 0.3 is 0 Å². The summed E-state index contributed by atoms with van der Waals surface area (Å²) in [6, 6.07) is 7.73.